The van der Waals surface area contributed by atoms with Gasteiger partial charge in [-0.2, -0.15) is 0 Å². The second-order valence-electron chi connectivity index (χ2n) is 15.0. The minimum atomic E-state index is 0.0457. The molecule has 2 aliphatic carbocycles. The normalized spacial score (nSPS) is 24.3. The van der Waals surface area contributed by atoms with Crippen LogP contribution in [-0.4, -0.2) is 11.6 Å². The number of hydrogen-bond acceptors (Lipinski definition) is 4. The van der Waals surface area contributed by atoms with Gasteiger partial charge in [0.2, 0.25) is 0 Å². The Morgan fingerprint density at radius 3 is 2.02 bits per heavy atom. The van der Waals surface area contributed by atoms with Gasteiger partial charge in [-0.1, -0.05) is 86.5 Å². The maximum absolute atomic E-state index is 2.84. The van der Waals surface area contributed by atoms with E-state index in [0.29, 0.717) is 0 Å². The van der Waals surface area contributed by atoms with Gasteiger partial charge in [0.05, 0.1) is 40.0 Å². The molecule has 0 bridgehead atoms. The van der Waals surface area contributed by atoms with Crippen LogP contribution in [0.15, 0.2) is 145 Å². The SMILES string of the molecule is Cc1cc2c3c(c1)N1C4=C(C=CCC4N3c3ccc(N(c4ccccc4)c4ccccc4)cc3N2c2ccccc2)C2(C)CCCCC12C. The molecule has 3 unspecified atom stereocenters. The highest BCUT2D eigenvalue weighted by molar-refractivity contribution is 6.06. The average molecular weight is 639 g/mol. The molecular weight excluding hydrogens is 597 g/mol. The van der Waals surface area contributed by atoms with E-state index in [9.17, 15) is 0 Å². The van der Waals surface area contributed by atoms with Crippen LogP contribution in [0.5, 0.6) is 0 Å². The molecule has 0 saturated heterocycles. The lowest BCUT2D eigenvalue weighted by molar-refractivity contribution is 0.153. The summed E-state index contributed by atoms with van der Waals surface area (Å²) in [5.41, 5.74) is 15.6. The Hall–Kier alpha value is -5.22. The fraction of sp³-hybridized carbons (Fsp3) is 0.244. The lowest BCUT2D eigenvalue weighted by Crippen LogP contribution is -2.57. The summed E-state index contributed by atoms with van der Waals surface area (Å²) in [5, 5.41) is 0. The number of anilines is 9. The first-order valence-corrected chi connectivity index (χ1v) is 18.0. The van der Waals surface area contributed by atoms with Crippen LogP contribution in [0.1, 0.15) is 51.5 Å². The summed E-state index contributed by atoms with van der Waals surface area (Å²) in [6.45, 7) is 7.42. The Morgan fingerprint density at radius 2 is 1.31 bits per heavy atom. The number of hydrogen-bond donors (Lipinski definition) is 0. The predicted molar refractivity (Wildman–Crippen MR) is 205 cm³/mol. The zero-order valence-electron chi connectivity index (χ0n) is 28.6. The smallest absolute Gasteiger partial charge is 0.0904 e. The van der Waals surface area contributed by atoms with Gasteiger partial charge in [-0.05, 0) is 111 Å². The maximum atomic E-state index is 2.84. The largest absolute Gasteiger partial charge is 0.334 e. The molecule has 1 saturated carbocycles. The third-order valence-corrected chi connectivity index (χ3v) is 12.4. The molecule has 10 rings (SSSR count). The summed E-state index contributed by atoms with van der Waals surface area (Å²) in [6.07, 6.45) is 11.0. The fourth-order valence-corrected chi connectivity index (χ4v) is 9.99. The number of rotatable bonds is 4. The summed E-state index contributed by atoms with van der Waals surface area (Å²) in [4.78, 5) is 10.5. The van der Waals surface area contributed by atoms with Gasteiger partial charge >= 0.3 is 0 Å². The van der Waals surface area contributed by atoms with Crippen LogP contribution in [-0.2, 0) is 0 Å². The van der Waals surface area contributed by atoms with Crippen molar-refractivity contribution in [2.24, 2.45) is 5.41 Å². The van der Waals surface area contributed by atoms with E-state index >= 15 is 0 Å². The quantitative estimate of drug-likeness (QED) is 0.194. The van der Waals surface area contributed by atoms with Crippen molar-refractivity contribution < 1.29 is 0 Å². The zero-order chi connectivity index (χ0) is 32.9. The maximum Gasteiger partial charge on any atom is 0.0904 e. The van der Waals surface area contributed by atoms with E-state index in [2.05, 4.69) is 174 Å². The second-order valence-corrected chi connectivity index (χ2v) is 15.0. The molecule has 0 radical (unpaired) electrons. The number of fused-ring (bicyclic) bond motifs is 7. The highest BCUT2D eigenvalue weighted by atomic mass is 15.4. The Kier molecular flexibility index (Phi) is 6.10. The molecule has 1 fully saturated rings. The van der Waals surface area contributed by atoms with Gasteiger partial charge < -0.3 is 19.6 Å². The summed E-state index contributed by atoms with van der Waals surface area (Å²) >= 11 is 0. The molecule has 0 aromatic heterocycles. The second kappa shape index (κ2) is 10.4. The summed E-state index contributed by atoms with van der Waals surface area (Å²) in [5.74, 6) is 0. The molecule has 5 aliphatic rings. The van der Waals surface area contributed by atoms with Crippen molar-refractivity contribution in [3.63, 3.8) is 0 Å². The third kappa shape index (κ3) is 3.86. The first-order chi connectivity index (χ1) is 24.0. The lowest BCUT2D eigenvalue weighted by Gasteiger charge is -2.56. The topological polar surface area (TPSA) is 13.0 Å². The van der Waals surface area contributed by atoms with Crippen molar-refractivity contribution in [2.45, 2.75) is 64.5 Å². The van der Waals surface area contributed by atoms with E-state index in [0.717, 1.165) is 23.5 Å². The predicted octanol–water partition coefficient (Wildman–Crippen LogP) is 12.1. The van der Waals surface area contributed by atoms with Crippen LogP contribution in [0.3, 0.4) is 0 Å². The van der Waals surface area contributed by atoms with Crippen LogP contribution >= 0.6 is 0 Å². The third-order valence-electron chi connectivity index (χ3n) is 12.4. The van der Waals surface area contributed by atoms with Crippen molar-refractivity contribution in [3.8, 4) is 0 Å². The van der Waals surface area contributed by atoms with Gasteiger partial charge in [0.1, 0.15) is 0 Å². The molecule has 3 heterocycles. The molecule has 3 aliphatic heterocycles. The molecule has 242 valence electrons. The van der Waals surface area contributed by atoms with Gasteiger partial charge in [0.25, 0.3) is 0 Å². The van der Waals surface area contributed by atoms with Gasteiger partial charge in [-0.25, -0.2) is 0 Å². The first kappa shape index (κ1) is 28.8. The van der Waals surface area contributed by atoms with Gasteiger partial charge in [0.15, 0.2) is 0 Å². The number of para-hydroxylation sites is 3. The molecule has 49 heavy (non-hydrogen) atoms. The Bertz CT molecular complexity index is 2130. The van der Waals surface area contributed by atoms with E-state index in [-0.39, 0.29) is 17.0 Å². The number of aryl methyl sites for hydroxylation is 1. The van der Waals surface area contributed by atoms with Crippen molar-refractivity contribution in [1.29, 1.82) is 0 Å². The van der Waals surface area contributed by atoms with Gasteiger partial charge in [0, 0.05) is 33.9 Å². The number of allylic oxidation sites excluding steroid dienone is 1. The molecular formula is C45H42N4. The van der Waals surface area contributed by atoms with Crippen molar-refractivity contribution in [1.82, 2.24) is 0 Å². The van der Waals surface area contributed by atoms with Crippen LogP contribution in [0.25, 0.3) is 0 Å². The van der Waals surface area contributed by atoms with E-state index in [1.54, 1.807) is 5.57 Å². The molecule has 5 aromatic rings. The molecule has 5 aromatic carbocycles. The Morgan fingerprint density at radius 1 is 0.653 bits per heavy atom. The molecule has 0 amide bonds. The highest BCUT2D eigenvalue weighted by Gasteiger charge is 2.62. The summed E-state index contributed by atoms with van der Waals surface area (Å²) in [7, 11) is 0. The van der Waals surface area contributed by atoms with Crippen LogP contribution in [0, 0.1) is 12.3 Å². The van der Waals surface area contributed by atoms with E-state index < -0.39 is 0 Å². The van der Waals surface area contributed by atoms with E-state index in [4.69, 9.17) is 0 Å². The highest BCUT2D eigenvalue weighted by Crippen LogP contribution is 2.68. The molecule has 3 atom stereocenters. The Labute approximate surface area is 290 Å². The van der Waals surface area contributed by atoms with Crippen LogP contribution in [0.4, 0.5) is 51.2 Å². The molecule has 4 heteroatoms. The average Bonchev–Trinajstić information content (AvgIpc) is 3.35. The molecule has 0 spiro atoms. The minimum absolute atomic E-state index is 0.0457. The summed E-state index contributed by atoms with van der Waals surface area (Å²) in [6, 6.07) is 44.8. The van der Waals surface area contributed by atoms with Crippen molar-refractivity contribution >= 4 is 51.2 Å². The number of nitrogens with zero attached hydrogens (tertiary/aromatic N) is 4. The van der Waals surface area contributed by atoms with Crippen LogP contribution < -0.4 is 19.6 Å². The number of benzene rings is 5. The standard InChI is InChI=1S/C45H42N4/c1-31-28-40-43-41(29-31)49-42-36(44(2)26-13-14-27-45(44,49)3)22-15-23-38(42)48(43)37-25-24-35(30-39(37)47(40)34-20-11-6-12-21-34)46(32-16-7-4-8-17-32)33-18-9-5-10-19-33/h4-12,15-22,24-25,28-30,38H,13-14,23,26-27H2,1-3H3. The fourth-order valence-electron chi connectivity index (χ4n) is 9.99. The van der Waals surface area contributed by atoms with Crippen molar-refractivity contribution in [3.05, 3.63) is 150 Å². The monoisotopic (exact) mass is 638 g/mol. The van der Waals surface area contributed by atoms with Crippen LogP contribution in [0.2, 0.25) is 0 Å². The van der Waals surface area contributed by atoms with Gasteiger partial charge in [-0.15, -0.1) is 0 Å². The molecule has 4 nitrogen and oxygen atoms in total. The van der Waals surface area contributed by atoms with Crippen molar-refractivity contribution in [2.75, 3.05) is 19.6 Å². The first-order valence-electron chi connectivity index (χ1n) is 18.0. The van der Waals surface area contributed by atoms with E-state index in [1.165, 1.54) is 71.1 Å². The van der Waals surface area contributed by atoms with E-state index in [1.807, 2.05) is 0 Å². The minimum Gasteiger partial charge on any atom is -0.334 e. The zero-order valence-corrected chi connectivity index (χ0v) is 28.6. The summed E-state index contributed by atoms with van der Waals surface area (Å²) < 4.78 is 0. The molecule has 0 N–H and O–H groups in total. The Balaban J connectivity index is 1.26. The lowest BCUT2D eigenvalue weighted by atomic mass is 9.60. The van der Waals surface area contributed by atoms with Gasteiger partial charge in [-0.3, -0.25) is 0 Å².